The van der Waals surface area contributed by atoms with Gasteiger partial charge in [0.1, 0.15) is 0 Å². The maximum Gasteiger partial charge on any atom is 0.416 e. The molecule has 0 radical (unpaired) electrons. The largest absolute Gasteiger partial charge is 0.416 e. The fraction of sp³-hybridized carbons (Fsp3) is 0.571. The Labute approximate surface area is 117 Å². The molecule has 0 aliphatic heterocycles. The van der Waals surface area contributed by atoms with Crippen LogP contribution in [0.3, 0.4) is 0 Å². The molecule has 1 aliphatic rings. The van der Waals surface area contributed by atoms with Gasteiger partial charge in [0.25, 0.3) is 0 Å². The van der Waals surface area contributed by atoms with Crippen molar-refractivity contribution in [2.45, 2.75) is 43.6 Å². The van der Waals surface area contributed by atoms with E-state index in [1.807, 2.05) is 0 Å². The Balaban J connectivity index is 2.12. The quantitative estimate of drug-likeness (QED) is 0.749. The minimum atomic E-state index is -4.48. The third kappa shape index (κ3) is 3.51. The second-order valence-electron chi connectivity index (χ2n) is 5.42. The topological polar surface area (TPSA) is 20.2 Å². The Bertz CT molecular complexity index is 480. The van der Waals surface area contributed by atoms with Crippen LogP contribution in [0.1, 0.15) is 36.8 Å². The van der Waals surface area contributed by atoms with E-state index in [2.05, 4.69) is 0 Å². The lowest BCUT2D eigenvalue weighted by atomic mass is 9.75. The highest BCUT2D eigenvalue weighted by Gasteiger charge is 2.45. The summed E-state index contributed by atoms with van der Waals surface area (Å²) in [6.07, 6.45) is -9.43. The zero-order valence-corrected chi connectivity index (χ0v) is 10.9. The van der Waals surface area contributed by atoms with Gasteiger partial charge in [-0.3, -0.25) is 0 Å². The molecule has 1 N–H and O–H groups in total. The van der Waals surface area contributed by atoms with Gasteiger partial charge in [0.05, 0.1) is 17.1 Å². The predicted molar refractivity (Wildman–Crippen MR) is 63.4 cm³/mol. The van der Waals surface area contributed by atoms with Crippen molar-refractivity contribution in [3.8, 4) is 0 Å². The van der Waals surface area contributed by atoms with Crippen molar-refractivity contribution in [1.29, 1.82) is 0 Å². The van der Waals surface area contributed by atoms with Crippen LogP contribution in [0.5, 0.6) is 0 Å². The second kappa shape index (κ2) is 5.19. The molecule has 0 bridgehead atoms. The van der Waals surface area contributed by atoms with Gasteiger partial charge < -0.3 is 5.11 Å². The molecule has 1 fully saturated rings. The van der Waals surface area contributed by atoms with Gasteiger partial charge in [0, 0.05) is 0 Å². The summed E-state index contributed by atoms with van der Waals surface area (Å²) >= 11 is 0. The van der Waals surface area contributed by atoms with Gasteiger partial charge in [-0.05, 0) is 43.4 Å². The van der Waals surface area contributed by atoms with E-state index in [-0.39, 0.29) is 31.2 Å². The third-order valence-electron chi connectivity index (χ3n) is 4.03. The highest BCUT2D eigenvalue weighted by molar-refractivity contribution is 5.29. The predicted octanol–water partition coefficient (Wildman–Crippen LogP) is 4.65. The molecule has 1 nitrogen and oxygen atoms in total. The molecule has 0 heterocycles. The zero-order chi connectivity index (χ0) is 15.9. The molecule has 1 aliphatic carbocycles. The number of halogens is 6. The van der Waals surface area contributed by atoms with Crippen molar-refractivity contribution in [3.05, 3.63) is 35.4 Å². The Morgan fingerprint density at radius 3 is 1.76 bits per heavy atom. The lowest BCUT2D eigenvalue weighted by Crippen LogP contribution is -2.36. The molecule has 0 aromatic heterocycles. The summed E-state index contributed by atoms with van der Waals surface area (Å²) < 4.78 is 75.1. The lowest BCUT2D eigenvalue weighted by molar-refractivity contribution is -0.193. The van der Waals surface area contributed by atoms with Gasteiger partial charge in [-0.15, -0.1) is 0 Å². The molecule has 1 aromatic rings. The highest BCUT2D eigenvalue weighted by atomic mass is 19.4. The van der Waals surface area contributed by atoms with E-state index in [9.17, 15) is 31.4 Å². The van der Waals surface area contributed by atoms with Crippen molar-refractivity contribution in [3.63, 3.8) is 0 Å². The molecule has 7 heteroatoms. The molecule has 0 spiro atoms. The van der Waals surface area contributed by atoms with Crippen LogP contribution in [0.2, 0.25) is 0 Å². The molecule has 118 valence electrons. The van der Waals surface area contributed by atoms with E-state index in [1.165, 1.54) is 0 Å². The Hall–Kier alpha value is -1.24. The van der Waals surface area contributed by atoms with E-state index < -0.39 is 29.4 Å². The Morgan fingerprint density at radius 1 is 0.905 bits per heavy atom. The van der Waals surface area contributed by atoms with Crippen molar-refractivity contribution < 1.29 is 31.4 Å². The van der Waals surface area contributed by atoms with E-state index in [4.69, 9.17) is 0 Å². The summed E-state index contributed by atoms with van der Waals surface area (Å²) in [6, 6.07) is 3.94. The molecule has 0 unspecified atom stereocenters. The summed E-state index contributed by atoms with van der Waals surface area (Å²) in [7, 11) is 0. The number of alkyl halides is 6. The molecule has 0 atom stereocenters. The lowest BCUT2D eigenvalue weighted by Gasteiger charge is -2.37. The Kier molecular flexibility index (Phi) is 3.99. The van der Waals surface area contributed by atoms with E-state index in [0.29, 0.717) is 0 Å². The third-order valence-corrected chi connectivity index (χ3v) is 4.03. The summed E-state index contributed by atoms with van der Waals surface area (Å²) in [5.41, 5.74) is -2.10. The fourth-order valence-electron chi connectivity index (χ4n) is 2.68. The molecule has 2 rings (SSSR count). The van der Waals surface area contributed by atoms with Gasteiger partial charge in [-0.2, -0.15) is 26.3 Å². The first-order chi connectivity index (χ1) is 9.52. The average Bonchev–Trinajstić information content (AvgIpc) is 2.37. The number of aliphatic hydroxyl groups is 1. The minimum absolute atomic E-state index is 0.109. The Morgan fingerprint density at radius 2 is 1.38 bits per heavy atom. The van der Waals surface area contributed by atoms with Crippen molar-refractivity contribution in [1.82, 2.24) is 0 Å². The van der Waals surface area contributed by atoms with Crippen LogP contribution in [0.15, 0.2) is 24.3 Å². The maximum absolute atomic E-state index is 12.6. The number of benzene rings is 1. The van der Waals surface area contributed by atoms with Gasteiger partial charge in [0.15, 0.2) is 0 Å². The van der Waals surface area contributed by atoms with E-state index in [1.54, 1.807) is 0 Å². The van der Waals surface area contributed by atoms with Gasteiger partial charge in [-0.25, -0.2) is 0 Å². The summed E-state index contributed by atoms with van der Waals surface area (Å²) in [4.78, 5) is 0. The van der Waals surface area contributed by atoms with E-state index in [0.717, 1.165) is 24.3 Å². The normalized spacial score (nSPS) is 27.7. The molecular weight excluding hydrogens is 298 g/mol. The first-order valence-corrected chi connectivity index (χ1v) is 6.49. The first-order valence-electron chi connectivity index (χ1n) is 6.49. The monoisotopic (exact) mass is 312 g/mol. The van der Waals surface area contributed by atoms with Crippen LogP contribution < -0.4 is 0 Å². The van der Waals surface area contributed by atoms with Crippen molar-refractivity contribution >= 4 is 0 Å². The summed E-state index contributed by atoms with van der Waals surface area (Å²) in [5, 5.41) is 10.4. The number of rotatable bonds is 1. The van der Waals surface area contributed by atoms with Crippen LogP contribution in [0, 0.1) is 5.92 Å². The minimum Gasteiger partial charge on any atom is -0.385 e. The van der Waals surface area contributed by atoms with Crippen LogP contribution in [-0.2, 0) is 11.8 Å². The first kappa shape index (κ1) is 16.1. The highest BCUT2D eigenvalue weighted by Crippen LogP contribution is 2.45. The molecule has 1 aromatic carbocycles. The van der Waals surface area contributed by atoms with Crippen molar-refractivity contribution in [2.75, 3.05) is 0 Å². The SMILES string of the molecule is OC1(c2ccc(C(F)(F)F)cc2)CCC(C(F)(F)F)CC1. The van der Waals surface area contributed by atoms with Gasteiger partial charge in [-0.1, -0.05) is 12.1 Å². The molecule has 21 heavy (non-hydrogen) atoms. The molecule has 1 saturated carbocycles. The van der Waals surface area contributed by atoms with E-state index >= 15 is 0 Å². The zero-order valence-electron chi connectivity index (χ0n) is 10.9. The smallest absolute Gasteiger partial charge is 0.385 e. The number of hydrogen-bond acceptors (Lipinski definition) is 1. The van der Waals surface area contributed by atoms with Crippen LogP contribution >= 0.6 is 0 Å². The fourth-order valence-corrected chi connectivity index (χ4v) is 2.68. The molecular formula is C14H14F6O. The second-order valence-corrected chi connectivity index (χ2v) is 5.42. The van der Waals surface area contributed by atoms with Crippen LogP contribution in [0.25, 0.3) is 0 Å². The van der Waals surface area contributed by atoms with Gasteiger partial charge in [0.2, 0.25) is 0 Å². The molecule has 0 saturated heterocycles. The maximum atomic E-state index is 12.6. The molecule has 0 amide bonds. The summed E-state index contributed by atoms with van der Waals surface area (Å²) in [6.45, 7) is 0. The van der Waals surface area contributed by atoms with Crippen LogP contribution in [-0.4, -0.2) is 11.3 Å². The van der Waals surface area contributed by atoms with Crippen LogP contribution in [0.4, 0.5) is 26.3 Å². The number of hydrogen-bond donors (Lipinski definition) is 1. The summed E-state index contributed by atoms with van der Waals surface area (Å²) in [5.74, 6) is -1.45. The standard InChI is InChI=1S/C14H14F6O/c15-13(16,17)10-3-1-9(2-4-10)12(21)7-5-11(6-8-12)14(18,19)20/h1-4,11,21H,5-8H2. The van der Waals surface area contributed by atoms with Gasteiger partial charge >= 0.3 is 12.4 Å². The average molecular weight is 312 g/mol. The van der Waals surface area contributed by atoms with Crippen molar-refractivity contribution in [2.24, 2.45) is 5.92 Å².